The van der Waals surface area contributed by atoms with Crippen molar-refractivity contribution in [3.05, 3.63) is 126 Å². The van der Waals surface area contributed by atoms with Crippen molar-refractivity contribution < 1.29 is 37.9 Å². The molecule has 0 N–H and O–H groups in total. The van der Waals surface area contributed by atoms with E-state index in [0.29, 0.717) is 107 Å². The van der Waals surface area contributed by atoms with E-state index in [1.54, 1.807) is 0 Å². The number of aliphatic imine (C=N–C) groups is 1. The second-order valence-corrected chi connectivity index (χ2v) is 27.8. The Hall–Kier alpha value is -6.45. The third kappa shape index (κ3) is 21.5. The van der Waals surface area contributed by atoms with E-state index in [4.69, 9.17) is 42.9 Å². The highest BCUT2D eigenvalue weighted by molar-refractivity contribution is 6.13. The minimum absolute atomic E-state index is 0.239. The predicted octanol–water partition coefficient (Wildman–Crippen LogP) is 22.7. The molecule has 502 valence electrons. The van der Waals surface area contributed by atoms with Gasteiger partial charge in [-0.1, -0.05) is 236 Å². The van der Waals surface area contributed by atoms with Crippen LogP contribution in [0.3, 0.4) is 0 Å². The second-order valence-electron chi connectivity index (χ2n) is 27.8. The van der Waals surface area contributed by atoms with Crippen LogP contribution in [0.15, 0.2) is 114 Å². The van der Waals surface area contributed by atoms with Crippen LogP contribution in [0.25, 0.3) is 44.5 Å². The molecule has 1 aliphatic rings. The van der Waals surface area contributed by atoms with Gasteiger partial charge in [0.2, 0.25) is 0 Å². The molecule has 7 rings (SSSR count). The number of hydrogen-bond acceptors (Lipinski definition) is 9. The van der Waals surface area contributed by atoms with E-state index >= 15 is 0 Å². The second kappa shape index (κ2) is 37.4. The van der Waals surface area contributed by atoms with E-state index in [1.165, 1.54) is 19.3 Å². The van der Waals surface area contributed by atoms with Crippen molar-refractivity contribution in [3.8, 4) is 84.8 Å². The summed E-state index contributed by atoms with van der Waals surface area (Å²) in [5.41, 5.74) is 12.6. The van der Waals surface area contributed by atoms with E-state index in [2.05, 4.69) is 220 Å². The molecule has 0 aromatic heterocycles. The number of ether oxygens (including phenoxy) is 8. The Balaban J connectivity index is 1.37. The molecule has 6 aromatic rings. The molecule has 0 radical (unpaired) electrons. The smallest absolute Gasteiger partial charge is 0.161 e. The van der Waals surface area contributed by atoms with Gasteiger partial charge < -0.3 is 37.9 Å². The lowest BCUT2D eigenvalue weighted by Gasteiger charge is -2.22. The van der Waals surface area contributed by atoms with Crippen molar-refractivity contribution in [1.82, 2.24) is 0 Å². The first-order valence-corrected chi connectivity index (χ1v) is 35.9. The predicted molar refractivity (Wildman–Crippen MR) is 386 cm³/mol. The maximum absolute atomic E-state index is 6.81. The van der Waals surface area contributed by atoms with Gasteiger partial charge in [-0.25, -0.2) is 0 Å². The lowest BCUT2D eigenvalue weighted by atomic mass is 9.90. The number of benzene rings is 6. The Labute approximate surface area is 557 Å². The molecular formula is C83H117NO8. The van der Waals surface area contributed by atoms with Crippen LogP contribution in [0.2, 0.25) is 0 Å². The van der Waals surface area contributed by atoms with Crippen LogP contribution in [0.1, 0.15) is 205 Å². The quantitative estimate of drug-likeness (QED) is 0.0353. The van der Waals surface area contributed by atoms with Crippen molar-refractivity contribution in [1.29, 1.82) is 0 Å². The molecule has 0 heterocycles. The molecule has 7 atom stereocenters. The van der Waals surface area contributed by atoms with Crippen LogP contribution in [0, 0.1) is 47.3 Å². The first-order valence-electron chi connectivity index (χ1n) is 35.9. The minimum Gasteiger partial charge on any atom is -0.493 e. The van der Waals surface area contributed by atoms with Gasteiger partial charge in [-0.05, 0) is 153 Å². The molecule has 0 saturated heterocycles. The topological polar surface area (TPSA) is 86.2 Å². The highest BCUT2D eigenvalue weighted by atomic mass is 16.5. The standard InChI is InChI=1S/C83H117NO8/c1-17-57(10)48-85-55-70-41-72(74(44-78(70)89-51-60(13)20-4)68-37-39-76(87-49-58(11)18-2)79(42-68)90-52-61(14)21-5)64-29-33-66(34-30-64)83(84-71-27-25-24-26-28-71)67-35-31-65(32-36-67)73-45-82(92-54-63(16)23-7)81(86-47-56(8)9)46-75(73)69-38-40-77(88-50-59(12)19-3)80(43-69)91-53-62(15)22-6/h29-46,56-63,71H,17-28,47-55H2,1-16H3/b84-83+. The average molecular weight is 1260 g/mol. The molecule has 9 heteroatoms. The Morgan fingerprint density at radius 2 is 0.652 bits per heavy atom. The summed E-state index contributed by atoms with van der Waals surface area (Å²) in [5.74, 6) is 8.55. The molecule has 9 nitrogen and oxygen atoms in total. The van der Waals surface area contributed by atoms with Gasteiger partial charge in [-0.15, -0.1) is 0 Å². The highest BCUT2D eigenvalue weighted by Crippen LogP contribution is 2.46. The molecule has 92 heavy (non-hydrogen) atoms. The molecule has 0 spiro atoms. The van der Waals surface area contributed by atoms with E-state index in [9.17, 15) is 0 Å². The van der Waals surface area contributed by atoms with Gasteiger partial charge >= 0.3 is 0 Å². The zero-order valence-electron chi connectivity index (χ0n) is 59.7. The Kier molecular flexibility index (Phi) is 29.7. The van der Waals surface area contributed by atoms with E-state index in [0.717, 1.165) is 165 Å². The van der Waals surface area contributed by atoms with Crippen LogP contribution in [0.4, 0.5) is 0 Å². The summed E-state index contributed by atoms with van der Waals surface area (Å²) in [4.78, 5) is 5.71. The fourth-order valence-electron chi connectivity index (χ4n) is 10.6. The number of hydrogen-bond donors (Lipinski definition) is 0. The van der Waals surface area contributed by atoms with E-state index < -0.39 is 0 Å². The van der Waals surface area contributed by atoms with Gasteiger partial charge in [-0.3, -0.25) is 4.99 Å². The molecule has 7 unspecified atom stereocenters. The largest absolute Gasteiger partial charge is 0.493 e. The minimum atomic E-state index is 0.239. The maximum Gasteiger partial charge on any atom is 0.161 e. The van der Waals surface area contributed by atoms with Gasteiger partial charge in [0.15, 0.2) is 34.5 Å². The van der Waals surface area contributed by atoms with Crippen molar-refractivity contribution in [2.24, 2.45) is 52.3 Å². The molecule has 1 fully saturated rings. The summed E-state index contributed by atoms with van der Waals surface area (Å²) in [6.45, 7) is 40.9. The summed E-state index contributed by atoms with van der Waals surface area (Å²) < 4.78 is 53.1. The van der Waals surface area contributed by atoms with Crippen LogP contribution in [-0.4, -0.2) is 64.6 Å². The van der Waals surface area contributed by atoms with Crippen molar-refractivity contribution in [3.63, 3.8) is 0 Å². The number of nitrogens with zero attached hydrogens (tertiary/aromatic N) is 1. The first kappa shape index (κ1) is 73.0. The molecule has 6 aromatic carbocycles. The Bertz CT molecular complexity index is 3180. The van der Waals surface area contributed by atoms with Crippen LogP contribution in [-0.2, 0) is 11.3 Å². The van der Waals surface area contributed by atoms with Crippen LogP contribution >= 0.6 is 0 Å². The van der Waals surface area contributed by atoms with Gasteiger partial charge in [0.05, 0.1) is 64.6 Å². The third-order valence-electron chi connectivity index (χ3n) is 18.9. The van der Waals surface area contributed by atoms with Crippen LogP contribution in [0.5, 0.6) is 40.2 Å². The fraction of sp³-hybridized carbons (Fsp3) is 0.554. The Morgan fingerprint density at radius 3 is 1.04 bits per heavy atom. The average Bonchev–Trinajstić information content (AvgIpc) is 0.932. The molecule has 0 amide bonds. The van der Waals surface area contributed by atoms with Crippen molar-refractivity contribution in [2.75, 3.05) is 52.9 Å². The SMILES string of the molecule is CCC(C)COCc1cc(-c2ccc(/C(=N\C3CCCCC3)c3ccc(-c4cc(OCC(C)CC)c(OCC(C)C)cc4-c4ccc(OCC(C)CC)c(OCC(C)CC)c4)cc3)cc2)c(-c2ccc(OCC(C)CC)c(OCC(C)CC)c2)cc1OCC(C)CC. The first-order chi connectivity index (χ1) is 44.5. The van der Waals surface area contributed by atoms with Gasteiger partial charge in [0.25, 0.3) is 0 Å². The number of rotatable bonds is 39. The van der Waals surface area contributed by atoms with Crippen LogP contribution < -0.4 is 33.2 Å². The molecule has 1 saturated carbocycles. The van der Waals surface area contributed by atoms with E-state index in [1.807, 2.05) is 0 Å². The van der Waals surface area contributed by atoms with Gasteiger partial charge in [0.1, 0.15) is 5.75 Å². The lowest BCUT2D eigenvalue weighted by molar-refractivity contribution is 0.0887. The molecule has 0 aliphatic heterocycles. The van der Waals surface area contributed by atoms with E-state index in [-0.39, 0.29) is 6.04 Å². The van der Waals surface area contributed by atoms with Gasteiger partial charge in [0, 0.05) is 23.3 Å². The summed E-state index contributed by atoms with van der Waals surface area (Å²) in [6, 6.07) is 40.2. The molecule has 0 bridgehead atoms. The summed E-state index contributed by atoms with van der Waals surface area (Å²) in [6.07, 6.45) is 13.0. The zero-order chi connectivity index (χ0) is 66.1. The zero-order valence-corrected chi connectivity index (χ0v) is 59.7. The van der Waals surface area contributed by atoms with Crippen molar-refractivity contribution >= 4 is 5.71 Å². The van der Waals surface area contributed by atoms with Gasteiger partial charge in [-0.2, -0.15) is 0 Å². The summed E-state index contributed by atoms with van der Waals surface area (Å²) >= 11 is 0. The molecule has 1 aliphatic carbocycles. The monoisotopic (exact) mass is 1260 g/mol. The summed E-state index contributed by atoms with van der Waals surface area (Å²) in [5, 5.41) is 0. The maximum atomic E-state index is 6.81. The fourth-order valence-corrected chi connectivity index (χ4v) is 10.6. The Morgan fingerprint density at radius 1 is 0.337 bits per heavy atom. The normalized spacial score (nSPS) is 15.3. The summed E-state index contributed by atoms with van der Waals surface area (Å²) in [7, 11) is 0. The molecular weight excluding hydrogens is 1140 g/mol. The third-order valence-corrected chi connectivity index (χ3v) is 18.9. The van der Waals surface area contributed by atoms with Crippen molar-refractivity contribution in [2.45, 2.75) is 200 Å². The lowest BCUT2D eigenvalue weighted by Crippen LogP contribution is -2.14. The highest BCUT2D eigenvalue weighted by Gasteiger charge is 2.24.